The first-order valence-corrected chi connectivity index (χ1v) is 5.69. The van der Waals surface area contributed by atoms with Gasteiger partial charge in [-0.2, -0.15) is 0 Å². The highest BCUT2D eigenvalue weighted by molar-refractivity contribution is 5.52. The molecule has 0 bridgehead atoms. The fraction of sp³-hybridized carbons (Fsp3) is 0.500. The second-order valence-electron chi connectivity index (χ2n) is 4.38. The molecule has 4 nitrogen and oxygen atoms in total. The monoisotopic (exact) mass is 216 g/mol. The summed E-state index contributed by atoms with van der Waals surface area (Å²) in [6.07, 6.45) is 2.52. The summed E-state index contributed by atoms with van der Waals surface area (Å²) in [5, 5.41) is 3.57. The van der Waals surface area contributed by atoms with Gasteiger partial charge in [-0.05, 0) is 36.4 Å². The van der Waals surface area contributed by atoms with Crippen LogP contribution in [0, 0.1) is 5.92 Å². The van der Waals surface area contributed by atoms with Gasteiger partial charge in [-0.3, -0.25) is 0 Å². The van der Waals surface area contributed by atoms with E-state index in [1.807, 2.05) is 24.3 Å². The van der Waals surface area contributed by atoms with Crippen LogP contribution in [0.15, 0.2) is 29.4 Å². The van der Waals surface area contributed by atoms with Gasteiger partial charge < -0.3 is 4.90 Å². The minimum absolute atomic E-state index is 0.677. The molecule has 0 atom stereocenters. The molecule has 1 aromatic rings. The SMILES string of the molecule is CC1CCN(c2ccc(N=[N+]=[N-])cc2)CC1. The van der Waals surface area contributed by atoms with Crippen molar-refractivity contribution in [1.82, 2.24) is 0 Å². The molecule has 0 N–H and O–H groups in total. The zero-order valence-electron chi connectivity index (χ0n) is 9.50. The Kier molecular flexibility index (Phi) is 3.32. The van der Waals surface area contributed by atoms with Crippen molar-refractivity contribution >= 4 is 11.4 Å². The minimum Gasteiger partial charge on any atom is -0.372 e. The van der Waals surface area contributed by atoms with Crippen molar-refractivity contribution in [2.45, 2.75) is 19.8 Å². The van der Waals surface area contributed by atoms with Crippen LogP contribution in [0.2, 0.25) is 0 Å². The number of benzene rings is 1. The van der Waals surface area contributed by atoms with E-state index in [1.54, 1.807) is 0 Å². The maximum absolute atomic E-state index is 8.31. The lowest BCUT2D eigenvalue weighted by atomic mass is 9.99. The molecule has 0 radical (unpaired) electrons. The van der Waals surface area contributed by atoms with Gasteiger partial charge in [0.2, 0.25) is 0 Å². The van der Waals surface area contributed by atoms with Gasteiger partial charge in [0.15, 0.2) is 0 Å². The molecule has 1 aliphatic rings. The molecule has 0 aliphatic carbocycles. The van der Waals surface area contributed by atoms with Crippen molar-refractivity contribution in [1.29, 1.82) is 0 Å². The van der Waals surface area contributed by atoms with Crippen molar-refractivity contribution in [3.05, 3.63) is 34.7 Å². The van der Waals surface area contributed by atoms with E-state index in [4.69, 9.17) is 5.53 Å². The van der Waals surface area contributed by atoms with E-state index >= 15 is 0 Å². The molecule has 1 fully saturated rings. The van der Waals surface area contributed by atoms with Crippen molar-refractivity contribution in [2.75, 3.05) is 18.0 Å². The quantitative estimate of drug-likeness (QED) is 0.420. The van der Waals surface area contributed by atoms with E-state index in [1.165, 1.54) is 18.5 Å². The summed E-state index contributed by atoms with van der Waals surface area (Å²) in [6.45, 7) is 4.56. The number of azide groups is 1. The second kappa shape index (κ2) is 4.90. The molecule has 0 unspecified atom stereocenters. The summed E-state index contributed by atoms with van der Waals surface area (Å²) in [4.78, 5) is 5.16. The van der Waals surface area contributed by atoms with Crippen LogP contribution in [-0.2, 0) is 0 Å². The predicted molar refractivity (Wildman–Crippen MR) is 65.9 cm³/mol. The van der Waals surface area contributed by atoms with Crippen LogP contribution in [0.1, 0.15) is 19.8 Å². The molecule has 0 amide bonds. The number of anilines is 1. The van der Waals surface area contributed by atoms with Crippen molar-refractivity contribution in [3.63, 3.8) is 0 Å². The van der Waals surface area contributed by atoms with Gasteiger partial charge in [0.1, 0.15) is 0 Å². The van der Waals surface area contributed by atoms with Gasteiger partial charge in [-0.25, -0.2) is 0 Å². The molecule has 1 aromatic carbocycles. The lowest BCUT2D eigenvalue weighted by Gasteiger charge is -2.32. The van der Waals surface area contributed by atoms with Gasteiger partial charge in [0, 0.05) is 29.4 Å². The van der Waals surface area contributed by atoms with Crippen LogP contribution >= 0.6 is 0 Å². The molecule has 16 heavy (non-hydrogen) atoms. The third kappa shape index (κ3) is 2.47. The average Bonchev–Trinajstić information content (AvgIpc) is 2.32. The highest BCUT2D eigenvalue weighted by Gasteiger charge is 2.15. The molecular formula is C12H16N4. The van der Waals surface area contributed by atoms with E-state index < -0.39 is 0 Å². The fourth-order valence-electron chi connectivity index (χ4n) is 2.05. The first-order valence-electron chi connectivity index (χ1n) is 5.69. The summed E-state index contributed by atoms with van der Waals surface area (Å²) in [5.41, 5.74) is 10.2. The van der Waals surface area contributed by atoms with E-state index in [2.05, 4.69) is 21.8 Å². The van der Waals surface area contributed by atoms with Crippen molar-refractivity contribution in [2.24, 2.45) is 11.0 Å². The van der Waals surface area contributed by atoms with Crippen LogP contribution in [0.3, 0.4) is 0 Å². The molecule has 2 rings (SSSR count). The summed E-state index contributed by atoms with van der Waals surface area (Å²) in [6, 6.07) is 7.79. The Hall–Kier alpha value is -1.67. The Labute approximate surface area is 95.5 Å². The van der Waals surface area contributed by atoms with E-state index in [-0.39, 0.29) is 0 Å². The van der Waals surface area contributed by atoms with Crippen molar-refractivity contribution in [3.8, 4) is 0 Å². The first-order chi connectivity index (χ1) is 7.79. The van der Waals surface area contributed by atoms with Crippen LogP contribution < -0.4 is 4.90 Å². The Balaban J connectivity index is 2.07. The van der Waals surface area contributed by atoms with Gasteiger partial charge in [0.05, 0.1) is 0 Å². The Morgan fingerprint density at radius 2 is 1.88 bits per heavy atom. The molecule has 0 aromatic heterocycles. The van der Waals surface area contributed by atoms with E-state index in [9.17, 15) is 0 Å². The Morgan fingerprint density at radius 1 is 1.25 bits per heavy atom. The van der Waals surface area contributed by atoms with Crippen LogP contribution in [0.5, 0.6) is 0 Å². The first kappa shape index (κ1) is 10.8. The molecule has 0 spiro atoms. The number of rotatable bonds is 2. The molecule has 4 heteroatoms. The smallest absolute Gasteiger partial charge is 0.0376 e. The summed E-state index contributed by atoms with van der Waals surface area (Å²) >= 11 is 0. The third-order valence-electron chi connectivity index (χ3n) is 3.16. The standard InChI is InChI=1S/C12H16N4/c1-10-6-8-16(9-7-10)12-4-2-11(3-5-12)14-15-13/h2-5,10H,6-9H2,1H3. The largest absolute Gasteiger partial charge is 0.372 e. The second-order valence-corrected chi connectivity index (χ2v) is 4.38. The molecular weight excluding hydrogens is 200 g/mol. The zero-order chi connectivity index (χ0) is 11.4. The van der Waals surface area contributed by atoms with Crippen molar-refractivity contribution < 1.29 is 0 Å². The summed E-state index contributed by atoms with van der Waals surface area (Å²) in [7, 11) is 0. The highest BCUT2D eigenvalue weighted by atomic mass is 15.1. The van der Waals surface area contributed by atoms with Crippen LogP contribution in [-0.4, -0.2) is 13.1 Å². The van der Waals surface area contributed by atoms with Gasteiger partial charge in [0.25, 0.3) is 0 Å². The molecule has 1 aliphatic heterocycles. The summed E-state index contributed by atoms with van der Waals surface area (Å²) < 4.78 is 0. The van der Waals surface area contributed by atoms with Crippen LogP contribution in [0.4, 0.5) is 11.4 Å². The maximum Gasteiger partial charge on any atom is 0.0376 e. The number of piperidine rings is 1. The maximum atomic E-state index is 8.31. The Morgan fingerprint density at radius 3 is 2.44 bits per heavy atom. The van der Waals surface area contributed by atoms with Gasteiger partial charge in [-0.15, -0.1) is 0 Å². The molecule has 0 saturated carbocycles. The molecule has 84 valence electrons. The lowest BCUT2D eigenvalue weighted by molar-refractivity contribution is 0.438. The van der Waals surface area contributed by atoms with E-state index in [0.717, 1.165) is 19.0 Å². The van der Waals surface area contributed by atoms with Crippen LogP contribution in [0.25, 0.3) is 10.4 Å². The third-order valence-corrected chi connectivity index (χ3v) is 3.16. The fourth-order valence-corrected chi connectivity index (χ4v) is 2.05. The average molecular weight is 216 g/mol. The number of hydrogen-bond donors (Lipinski definition) is 0. The number of nitrogens with zero attached hydrogens (tertiary/aromatic N) is 4. The normalized spacial score (nSPS) is 16.9. The minimum atomic E-state index is 0.677. The Bertz CT molecular complexity index is 384. The predicted octanol–water partition coefficient (Wildman–Crippen LogP) is 3.86. The molecule has 1 saturated heterocycles. The lowest BCUT2D eigenvalue weighted by Crippen LogP contribution is -2.32. The molecule has 1 heterocycles. The topological polar surface area (TPSA) is 52.0 Å². The summed E-state index contributed by atoms with van der Waals surface area (Å²) in [5.74, 6) is 0.846. The van der Waals surface area contributed by atoms with Gasteiger partial charge in [-0.1, -0.05) is 24.2 Å². The van der Waals surface area contributed by atoms with E-state index in [0.29, 0.717) is 5.69 Å². The highest BCUT2D eigenvalue weighted by Crippen LogP contribution is 2.24. The van der Waals surface area contributed by atoms with Gasteiger partial charge >= 0.3 is 0 Å². The zero-order valence-corrected chi connectivity index (χ0v) is 9.50. The number of hydrogen-bond acceptors (Lipinski definition) is 2.